The summed E-state index contributed by atoms with van der Waals surface area (Å²) in [5.74, 6) is 1.76. The lowest BCUT2D eigenvalue weighted by molar-refractivity contribution is 0.264. The molecule has 0 amide bonds. The van der Waals surface area contributed by atoms with Gasteiger partial charge in [0, 0.05) is 25.1 Å². The van der Waals surface area contributed by atoms with E-state index in [9.17, 15) is 0 Å². The maximum absolute atomic E-state index is 5.95. The van der Waals surface area contributed by atoms with E-state index in [0.29, 0.717) is 11.7 Å². The van der Waals surface area contributed by atoms with E-state index in [1.165, 1.54) is 0 Å². The molecule has 3 aromatic rings. The molecule has 1 saturated heterocycles. The van der Waals surface area contributed by atoms with Gasteiger partial charge in [0.1, 0.15) is 17.6 Å². The molecule has 1 aliphatic rings. The van der Waals surface area contributed by atoms with Gasteiger partial charge < -0.3 is 14.6 Å². The van der Waals surface area contributed by atoms with E-state index in [-0.39, 0.29) is 12.1 Å². The summed E-state index contributed by atoms with van der Waals surface area (Å²) in [6, 6.07) is 13.8. The summed E-state index contributed by atoms with van der Waals surface area (Å²) < 4.78 is 5.95. The van der Waals surface area contributed by atoms with Crippen molar-refractivity contribution in [3.63, 3.8) is 0 Å². The van der Waals surface area contributed by atoms with Crippen LogP contribution < -0.4 is 5.32 Å². The monoisotopic (exact) mass is 350 g/mol. The summed E-state index contributed by atoms with van der Waals surface area (Å²) in [4.78, 5) is 10.9. The van der Waals surface area contributed by atoms with Gasteiger partial charge in [0.2, 0.25) is 0 Å². The lowest BCUT2D eigenvalue weighted by Gasteiger charge is -2.26. The van der Waals surface area contributed by atoms with Gasteiger partial charge in [-0.1, -0.05) is 12.1 Å². The third-order valence-corrected chi connectivity index (χ3v) is 4.68. The summed E-state index contributed by atoms with van der Waals surface area (Å²) in [5, 5.41) is 4.11. The Labute approximate surface area is 151 Å². The van der Waals surface area contributed by atoms with E-state index < -0.39 is 0 Å². The van der Waals surface area contributed by atoms with Crippen LogP contribution in [0.2, 0.25) is 0 Å². The standard InChI is InChI=1S/C19H18N4OS/c1-13-7-8-16(24-13)18-17(15-6-2-3-10-21-15)22-19(25)23(18)12-14-5-4-9-20-11-14/h2-11,17-18H,12H2,1H3,(H,22,25)/t17-,18-/m1/s1. The van der Waals surface area contributed by atoms with Crippen molar-refractivity contribution in [2.45, 2.75) is 25.6 Å². The Morgan fingerprint density at radius 2 is 2.08 bits per heavy atom. The SMILES string of the molecule is Cc1ccc([C@@H]2[C@@H](c3ccccn3)NC(=S)N2Cc2cccnc2)o1. The highest BCUT2D eigenvalue weighted by atomic mass is 32.1. The second-order valence-corrected chi connectivity index (χ2v) is 6.45. The number of hydrogen-bond acceptors (Lipinski definition) is 4. The van der Waals surface area contributed by atoms with Crippen molar-refractivity contribution in [3.05, 3.63) is 83.8 Å². The van der Waals surface area contributed by atoms with Crippen LogP contribution in [-0.2, 0) is 6.54 Å². The fraction of sp³-hybridized carbons (Fsp3) is 0.211. The molecule has 1 N–H and O–H groups in total. The topological polar surface area (TPSA) is 54.2 Å². The van der Waals surface area contributed by atoms with Crippen molar-refractivity contribution in [2.24, 2.45) is 0 Å². The van der Waals surface area contributed by atoms with Gasteiger partial charge in [-0.05, 0) is 55.0 Å². The number of pyridine rings is 2. The highest BCUT2D eigenvalue weighted by Gasteiger charge is 2.41. The maximum Gasteiger partial charge on any atom is 0.170 e. The van der Waals surface area contributed by atoms with Crippen LogP contribution in [0.25, 0.3) is 0 Å². The van der Waals surface area contributed by atoms with E-state index in [1.54, 1.807) is 12.4 Å². The van der Waals surface area contributed by atoms with Crippen molar-refractivity contribution in [2.75, 3.05) is 0 Å². The van der Waals surface area contributed by atoms with E-state index in [0.717, 1.165) is 22.8 Å². The molecule has 0 bridgehead atoms. The summed E-state index contributed by atoms with van der Waals surface area (Å²) in [6.45, 7) is 2.61. The molecule has 0 saturated carbocycles. The molecular formula is C19H18N4OS. The lowest BCUT2D eigenvalue weighted by Crippen LogP contribution is -2.29. The van der Waals surface area contributed by atoms with Crippen LogP contribution in [-0.4, -0.2) is 20.0 Å². The van der Waals surface area contributed by atoms with Crippen molar-refractivity contribution in [1.82, 2.24) is 20.2 Å². The molecule has 2 atom stereocenters. The molecule has 1 fully saturated rings. The zero-order chi connectivity index (χ0) is 17.2. The normalized spacial score (nSPS) is 19.9. The van der Waals surface area contributed by atoms with Crippen LogP contribution >= 0.6 is 12.2 Å². The van der Waals surface area contributed by atoms with Crippen molar-refractivity contribution < 1.29 is 4.42 Å². The Morgan fingerprint density at radius 3 is 2.76 bits per heavy atom. The molecule has 1 aliphatic heterocycles. The number of aromatic nitrogens is 2. The zero-order valence-electron chi connectivity index (χ0n) is 13.8. The smallest absolute Gasteiger partial charge is 0.170 e. The predicted octanol–water partition coefficient (Wildman–Crippen LogP) is 3.55. The predicted molar refractivity (Wildman–Crippen MR) is 98.7 cm³/mol. The number of hydrogen-bond donors (Lipinski definition) is 1. The maximum atomic E-state index is 5.95. The molecule has 0 radical (unpaired) electrons. The molecule has 0 aliphatic carbocycles. The zero-order valence-corrected chi connectivity index (χ0v) is 14.6. The van der Waals surface area contributed by atoms with Gasteiger partial charge in [-0.15, -0.1) is 0 Å². The molecule has 5 nitrogen and oxygen atoms in total. The molecule has 0 spiro atoms. The van der Waals surface area contributed by atoms with E-state index in [4.69, 9.17) is 16.6 Å². The molecule has 0 aromatic carbocycles. The Kier molecular flexibility index (Phi) is 4.19. The average Bonchev–Trinajstić information content (AvgIpc) is 3.20. The average molecular weight is 350 g/mol. The minimum Gasteiger partial charge on any atom is -0.464 e. The minimum absolute atomic E-state index is 0.0590. The summed E-state index contributed by atoms with van der Waals surface area (Å²) in [5.41, 5.74) is 2.04. The largest absolute Gasteiger partial charge is 0.464 e. The number of nitrogens with one attached hydrogen (secondary N) is 1. The summed E-state index contributed by atoms with van der Waals surface area (Å²) in [7, 11) is 0. The first-order chi connectivity index (χ1) is 12.2. The van der Waals surface area contributed by atoms with Gasteiger partial charge in [0.15, 0.2) is 5.11 Å². The number of aryl methyl sites for hydroxylation is 1. The Balaban J connectivity index is 1.72. The van der Waals surface area contributed by atoms with E-state index in [1.807, 2.05) is 55.6 Å². The van der Waals surface area contributed by atoms with Gasteiger partial charge in [-0.3, -0.25) is 9.97 Å². The molecular weight excluding hydrogens is 332 g/mol. The van der Waals surface area contributed by atoms with Crippen LogP contribution in [0, 0.1) is 6.92 Å². The summed E-state index contributed by atoms with van der Waals surface area (Å²) in [6.07, 6.45) is 5.43. The van der Waals surface area contributed by atoms with Crippen LogP contribution in [0.4, 0.5) is 0 Å². The fourth-order valence-electron chi connectivity index (χ4n) is 3.19. The highest BCUT2D eigenvalue weighted by molar-refractivity contribution is 7.80. The van der Waals surface area contributed by atoms with Gasteiger partial charge in [-0.25, -0.2) is 0 Å². The van der Waals surface area contributed by atoms with Gasteiger partial charge in [0.05, 0.1) is 11.7 Å². The van der Waals surface area contributed by atoms with Gasteiger partial charge >= 0.3 is 0 Å². The van der Waals surface area contributed by atoms with Crippen molar-refractivity contribution in [1.29, 1.82) is 0 Å². The van der Waals surface area contributed by atoms with Crippen molar-refractivity contribution >= 4 is 17.3 Å². The molecule has 126 valence electrons. The quantitative estimate of drug-likeness (QED) is 0.726. The number of furan rings is 1. The summed E-state index contributed by atoms with van der Waals surface area (Å²) >= 11 is 5.63. The lowest BCUT2D eigenvalue weighted by atomic mass is 10.0. The van der Waals surface area contributed by atoms with Crippen molar-refractivity contribution in [3.8, 4) is 0 Å². The van der Waals surface area contributed by atoms with E-state index in [2.05, 4.69) is 20.2 Å². The van der Waals surface area contributed by atoms with Gasteiger partial charge in [-0.2, -0.15) is 0 Å². The van der Waals surface area contributed by atoms with Gasteiger partial charge in [0.25, 0.3) is 0 Å². The Bertz CT molecular complexity index is 865. The number of nitrogens with zero attached hydrogens (tertiary/aromatic N) is 3. The molecule has 0 unspecified atom stereocenters. The molecule has 4 heterocycles. The molecule has 4 rings (SSSR count). The van der Waals surface area contributed by atoms with Crippen LogP contribution in [0.15, 0.2) is 65.5 Å². The number of thiocarbonyl (C=S) groups is 1. The second kappa shape index (κ2) is 6.64. The first-order valence-electron chi connectivity index (χ1n) is 8.15. The van der Waals surface area contributed by atoms with E-state index >= 15 is 0 Å². The Hall–Kier alpha value is -2.73. The molecule has 6 heteroatoms. The molecule has 3 aromatic heterocycles. The third kappa shape index (κ3) is 3.13. The number of rotatable bonds is 4. The minimum atomic E-state index is -0.0593. The van der Waals surface area contributed by atoms with Crippen LogP contribution in [0.1, 0.15) is 34.9 Å². The fourth-order valence-corrected chi connectivity index (χ4v) is 3.49. The molecule has 25 heavy (non-hydrogen) atoms. The third-order valence-electron chi connectivity index (χ3n) is 4.33. The van der Waals surface area contributed by atoms with Crippen LogP contribution in [0.5, 0.6) is 0 Å². The van der Waals surface area contributed by atoms with Crippen LogP contribution in [0.3, 0.4) is 0 Å². The Morgan fingerprint density at radius 1 is 1.16 bits per heavy atom. The highest BCUT2D eigenvalue weighted by Crippen LogP contribution is 2.39. The first-order valence-corrected chi connectivity index (χ1v) is 8.56. The first kappa shape index (κ1) is 15.8. The second-order valence-electron chi connectivity index (χ2n) is 6.06.